The van der Waals surface area contributed by atoms with Crippen molar-refractivity contribution in [1.82, 2.24) is 5.32 Å². The standard InChI is InChI=1S/C32H63NO3/c1-3-5-7-9-11-13-15-16-18-20-22-24-26-28-32(36)33-30(29-34)31(35)27-25-23-21-19-17-14-12-10-8-6-4-2/h17,19,30-31,34-35H,3-16,18,20-29H2,1-2H3,(H,33,36)/b19-17+/t30-,31+/m0/s1. The van der Waals surface area contributed by atoms with Gasteiger partial charge in [0, 0.05) is 6.42 Å². The highest BCUT2D eigenvalue weighted by atomic mass is 16.3. The monoisotopic (exact) mass is 509 g/mol. The third-order valence-corrected chi connectivity index (χ3v) is 7.28. The third kappa shape index (κ3) is 24.8. The first-order valence-electron chi connectivity index (χ1n) is 15.9. The summed E-state index contributed by atoms with van der Waals surface area (Å²) < 4.78 is 0. The molecule has 0 rings (SSSR count). The van der Waals surface area contributed by atoms with E-state index in [9.17, 15) is 15.0 Å². The van der Waals surface area contributed by atoms with E-state index in [-0.39, 0.29) is 12.5 Å². The Hall–Kier alpha value is -0.870. The molecule has 0 saturated heterocycles. The van der Waals surface area contributed by atoms with Gasteiger partial charge in [-0.3, -0.25) is 4.79 Å². The maximum Gasteiger partial charge on any atom is 0.220 e. The molecule has 36 heavy (non-hydrogen) atoms. The van der Waals surface area contributed by atoms with Crippen molar-refractivity contribution in [3.8, 4) is 0 Å². The summed E-state index contributed by atoms with van der Waals surface area (Å²) in [6.45, 7) is 4.31. The van der Waals surface area contributed by atoms with E-state index in [1.807, 2.05) is 0 Å². The first kappa shape index (κ1) is 35.1. The van der Waals surface area contributed by atoms with E-state index in [1.54, 1.807) is 0 Å². The van der Waals surface area contributed by atoms with Crippen molar-refractivity contribution < 1.29 is 15.0 Å². The summed E-state index contributed by atoms with van der Waals surface area (Å²) in [6, 6.07) is -0.543. The normalized spacial score (nSPS) is 13.3. The largest absolute Gasteiger partial charge is 0.394 e. The average molecular weight is 510 g/mol. The number of amides is 1. The molecule has 4 heteroatoms. The van der Waals surface area contributed by atoms with E-state index in [4.69, 9.17) is 0 Å². The van der Waals surface area contributed by atoms with E-state index in [1.165, 1.54) is 109 Å². The summed E-state index contributed by atoms with van der Waals surface area (Å²) in [7, 11) is 0. The molecule has 0 unspecified atom stereocenters. The molecule has 0 heterocycles. The Morgan fingerprint density at radius 3 is 1.53 bits per heavy atom. The van der Waals surface area contributed by atoms with Crippen molar-refractivity contribution in [2.45, 2.75) is 180 Å². The number of rotatable bonds is 28. The van der Waals surface area contributed by atoms with Crippen LogP contribution in [0.3, 0.4) is 0 Å². The molecule has 3 N–H and O–H groups in total. The lowest BCUT2D eigenvalue weighted by Crippen LogP contribution is -2.45. The quantitative estimate of drug-likeness (QED) is 0.0729. The van der Waals surface area contributed by atoms with Gasteiger partial charge >= 0.3 is 0 Å². The zero-order valence-corrected chi connectivity index (χ0v) is 24.3. The number of carbonyl (C=O) groups excluding carboxylic acids is 1. The van der Waals surface area contributed by atoms with E-state index in [0.717, 1.165) is 32.1 Å². The average Bonchev–Trinajstić information content (AvgIpc) is 2.88. The molecule has 1 amide bonds. The molecule has 0 aliphatic rings. The number of aliphatic hydroxyl groups excluding tert-OH is 2. The van der Waals surface area contributed by atoms with Crippen LogP contribution in [0.2, 0.25) is 0 Å². The lowest BCUT2D eigenvalue weighted by molar-refractivity contribution is -0.123. The van der Waals surface area contributed by atoms with Gasteiger partial charge in [-0.15, -0.1) is 0 Å². The minimum Gasteiger partial charge on any atom is -0.394 e. The number of allylic oxidation sites excluding steroid dienone is 2. The first-order valence-corrected chi connectivity index (χ1v) is 15.9. The number of nitrogens with one attached hydrogen (secondary N) is 1. The Labute approximate surface area is 225 Å². The molecule has 0 aliphatic heterocycles. The second kappa shape index (κ2) is 28.7. The van der Waals surface area contributed by atoms with Crippen LogP contribution in [0.4, 0.5) is 0 Å². The van der Waals surface area contributed by atoms with Crippen LogP contribution in [-0.4, -0.2) is 34.9 Å². The van der Waals surface area contributed by atoms with Crippen LogP contribution in [0, 0.1) is 0 Å². The fourth-order valence-electron chi connectivity index (χ4n) is 4.76. The van der Waals surface area contributed by atoms with Crippen molar-refractivity contribution >= 4 is 5.91 Å². The van der Waals surface area contributed by atoms with Crippen LogP contribution in [-0.2, 0) is 4.79 Å². The molecule has 4 nitrogen and oxygen atoms in total. The van der Waals surface area contributed by atoms with Gasteiger partial charge in [-0.25, -0.2) is 0 Å². The molecular formula is C32H63NO3. The van der Waals surface area contributed by atoms with Crippen LogP contribution in [0.5, 0.6) is 0 Å². The minimum atomic E-state index is -0.673. The molecule has 214 valence electrons. The molecule has 0 aliphatic carbocycles. The summed E-state index contributed by atoms with van der Waals surface area (Å²) in [6.07, 6.45) is 32.5. The molecule has 0 aromatic heterocycles. The lowest BCUT2D eigenvalue weighted by atomic mass is 10.0. The Bertz CT molecular complexity index is 480. The fourth-order valence-corrected chi connectivity index (χ4v) is 4.76. The number of carbonyl (C=O) groups is 1. The first-order chi connectivity index (χ1) is 17.7. The Kier molecular flexibility index (Phi) is 28.0. The van der Waals surface area contributed by atoms with Gasteiger partial charge in [0.15, 0.2) is 0 Å². The molecule has 0 aromatic rings. The van der Waals surface area contributed by atoms with Crippen LogP contribution < -0.4 is 5.32 Å². The lowest BCUT2D eigenvalue weighted by Gasteiger charge is -2.22. The molecular weight excluding hydrogens is 446 g/mol. The van der Waals surface area contributed by atoms with Gasteiger partial charge in [0.25, 0.3) is 0 Å². The predicted octanol–water partition coefficient (Wildman–Crippen LogP) is 8.78. The molecule has 0 aromatic carbocycles. The summed E-state index contributed by atoms with van der Waals surface area (Å²) in [5.41, 5.74) is 0. The summed E-state index contributed by atoms with van der Waals surface area (Å²) in [5, 5.41) is 22.9. The van der Waals surface area contributed by atoms with Crippen molar-refractivity contribution in [2.75, 3.05) is 6.61 Å². The van der Waals surface area contributed by atoms with Crippen molar-refractivity contribution in [1.29, 1.82) is 0 Å². The SMILES string of the molecule is CCCCCCC/C=C/CCCC[C@@H](O)[C@H](CO)NC(=O)CCCCCCCCCCCCCCC. The topological polar surface area (TPSA) is 69.6 Å². The zero-order valence-electron chi connectivity index (χ0n) is 24.3. The van der Waals surface area contributed by atoms with Crippen molar-refractivity contribution in [3.63, 3.8) is 0 Å². The van der Waals surface area contributed by atoms with Gasteiger partial charge in [-0.05, 0) is 38.5 Å². The highest BCUT2D eigenvalue weighted by Crippen LogP contribution is 2.13. The van der Waals surface area contributed by atoms with E-state index >= 15 is 0 Å². The molecule has 2 atom stereocenters. The highest BCUT2D eigenvalue weighted by molar-refractivity contribution is 5.76. The van der Waals surface area contributed by atoms with Gasteiger partial charge in [0.2, 0.25) is 5.91 Å². The van der Waals surface area contributed by atoms with Gasteiger partial charge in [-0.1, -0.05) is 135 Å². The predicted molar refractivity (Wildman–Crippen MR) is 156 cm³/mol. The van der Waals surface area contributed by atoms with Crippen LogP contribution in [0.25, 0.3) is 0 Å². The van der Waals surface area contributed by atoms with Gasteiger partial charge in [-0.2, -0.15) is 0 Å². The van der Waals surface area contributed by atoms with Crippen molar-refractivity contribution in [2.24, 2.45) is 0 Å². The fraction of sp³-hybridized carbons (Fsp3) is 0.906. The Morgan fingerprint density at radius 1 is 0.639 bits per heavy atom. The van der Waals surface area contributed by atoms with E-state index in [0.29, 0.717) is 12.8 Å². The Balaban J connectivity index is 3.62. The number of unbranched alkanes of at least 4 members (excludes halogenated alkanes) is 19. The van der Waals surface area contributed by atoms with E-state index < -0.39 is 12.1 Å². The second-order valence-corrected chi connectivity index (χ2v) is 10.9. The zero-order chi connectivity index (χ0) is 26.5. The van der Waals surface area contributed by atoms with Gasteiger partial charge < -0.3 is 15.5 Å². The molecule has 0 bridgehead atoms. The van der Waals surface area contributed by atoms with Crippen LogP contribution in [0.15, 0.2) is 12.2 Å². The molecule has 0 fully saturated rings. The number of aliphatic hydroxyl groups is 2. The summed E-state index contributed by atoms with van der Waals surface area (Å²) in [5.74, 6) is -0.0435. The van der Waals surface area contributed by atoms with Gasteiger partial charge in [0.05, 0.1) is 18.8 Å². The second-order valence-electron chi connectivity index (χ2n) is 10.9. The number of hydrogen-bond acceptors (Lipinski definition) is 3. The van der Waals surface area contributed by atoms with E-state index in [2.05, 4.69) is 31.3 Å². The van der Waals surface area contributed by atoms with Crippen molar-refractivity contribution in [3.05, 3.63) is 12.2 Å². The maximum atomic E-state index is 12.2. The molecule has 0 radical (unpaired) electrons. The minimum absolute atomic E-state index is 0.0435. The van der Waals surface area contributed by atoms with Crippen LogP contribution >= 0.6 is 0 Å². The van der Waals surface area contributed by atoms with Crippen LogP contribution in [0.1, 0.15) is 168 Å². The number of hydrogen-bond donors (Lipinski definition) is 3. The summed E-state index contributed by atoms with van der Waals surface area (Å²) >= 11 is 0. The van der Waals surface area contributed by atoms with Gasteiger partial charge in [0.1, 0.15) is 0 Å². The third-order valence-electron chi connectivity index (χ3n) is 7.28. The highest BCUT2D eigenvalue weighted by Gasteiger charge is 2.19. The Morgan fingerprint density at radius 2 is 1.06 bits per heavy atom. The smallest absolute Gasteiger partial charge is 0.220 e. The molecule has 0 saturated carbocycles. The maximum absolute atomic E-state index is 12.2. The molecule has 0 spiro atoms. The summed E-state index contributed by atoms with van der Waals surface area (Å²) in [4.78, 5) is 12.2.